The number of carbonyl (C=O) groups is 1. The van der Waals surface area contributed by atoms with Gasteiger partial charge in [-0.1, -0.05) is 47.1 Å². The summed E-state index contributed by atoms with van der Waals surface area (Å²) >= 11 is 3.41. The average molecular weight is 299 g/mol. The molecule has 17 heavy (non-hydrogen) atoms. The highest BCUT2D eigenvalue weighted by Crippen LogP contribution is 2.29. The van der Waals surface area contributed by atoms with Crippen LogP contribution in [0, 0.1) is 0 Å². The molecule has 1 rings (SSSR count). The quantitative estimate of drug-likeness (QED) is 0.610. The van der Waals surface area contributed by atoms with Gasteiger partial charge < -0.3 is 4.74 Å². The number of rotatable bonds is 5. The zero-order valence-electron chi connectivity index (χ0n) is 10.6. The normalized spacial score (nSPS) is 14.1. The van der Waals surface area contributed by atoms with E-state index in [-0.39, 0.29) is 5.97 Å². The van der Waals surface area contributed by atoms with Crippen molar-refractivity contribution in [2.75, 3.05) is 6.61 Å². The summed E-state index contributed by atoms with van der Waals surface area (Å²) < 4.78 is 5.16. The molecular formula is C14H19BrO2. The Balaban J connectivity index is 3.02. The summed E-state index contributed by atoms with van der Waals surface area (Å²) in [5.74, 6) is -0.144. The van der Waals surface area contributed by atoms with Gasteiger partial charge in [-0.25, -0.2) is 0 Å². The van der Waals surface area contributed by atoms with Gasteiger partial charge in [0.2, 0.25) is 0 Å². The fourth-order valence-corrected chi connectivity index (χ4v) is 2.09. The minimum atomic E-state index is -0.541. The van der Waals surface area contributed by atoms with Gasteiger partial charge in [0.05, 0.1) is 12.0 Å². The Morgan fingerprint density at radius 2 is 1.88 bits per heavy atom. The second-order valence-corrected chi connectivity index (χ2v) is 4.80. The summed E-state index contributed by atoms with van der Waals surface area (Å²) in [5, 5.41) is 0.829. The number of hydrogen-bond acceptors (Lipinski definition) is 2. The maximum absolute atomic E-state index is 12.0. The van der Waals surface area contributed by atoms with Crippen LogP contribution in [0.1, 0.15) is 38.3 Å². The van der Waals surface area contributed by atoms with E-state index in [2.05, 4.69) is 15.9 Å². The number of hydrogen-bond donors (Lipinski definition) is 0. The zero-order chi connectivity index (χ0) is 12.9. The van der Waals surface area contributed by atoms with Crippen LogP contribution >= 0.6 is 15.9 Å². The van der Waals surface area contributed by atoms with Crippen molar-refractivity contribution in [3.05, 3.63) is 35.4 Å². The van der Waals surface area contributed by atoms with E-state index in [1.54, 1.807) is 0 Å². The predicted octanol–water partition coefficient (Wildman–Crippen LogP) is 3.81. The summed E-state index contributed by atoms with van der Waals surface area (Å²) in [7, 11) is 0. The van der Waals surface area contributed by atoms with Gasteiger partial charge in [-0.15, -0.1) is 0 Å². The molecule has 1 aromatic carbocycles. The van der Waals surface area contributed by atoms with E-state index in [9.17, 15) is 4.79 Å². The summed E-state index contributed by atoms with van der Waals surface area (Å²) in [4.78, 5) is 12.0. The highest BCUT2D eigenvalue weighted by Gasteiger charge is 2.34. The molecular weight excluding hydrogens is 280 g/mol. The van der Waals surface area contributed by atoms with Gasteiger partial charge in [0.25, 0.3) is 0 Å². The lowest BCUT2D eigenvalue weighted by atomic mass is 9.80. The van der Waals surface area contributed by atoms with Crippen LogP contribution in [0.15, 0.2) is 24.3 Å². The first-order valence-corrected chi connectivity index (χ1v) is 7.03. The SMILES string of the molecule is CCOC(=O)C(C)(CC)c1ccc(CBr)cc1. The van der Waals surface area contributed by atoms with Gasteiger partial charge in [-0.05, 0) is 31.4 Å². The molecule has 1 unspecified atom stereocenters. The average Bonchev–Trinajstić information content (AvgIpc) is 2.38. The van der Waals surface area contributed by atoms with E-state index in [1.807, 2.05) is 45.0 Å². The van der Waals surface area contributed by atoms with Crippen LogP contribution in [0.4, 0.5) is 0 Å². The molecule has 0 amide bonds. The Hall–Kier alpha value is -0.830. The molecule has 2 nitrogen and oxygen atoms in total. The van der Waals surface area contributed by atoms with Crippen molar-refractivity contribution < 1.29 is 9.53 Å². The predicted molar refractivity (Wildman–Crippen MR) is 73.3 cm³/mol. The van der Waals surface area contributed by atoms with Gasteiger partial charge in [0.15, 0.2) is 0 Å². The summed E-state index contributed by atoms with van der Waals surface area (Å²) in [6.07, 6.45) is 0.736. The molecule has 0 radical (unpaired) electrons. The lowest BCUT2D eigenvalue weighted by Crippen LogP contribution is -2.33. The lowest BCUT2D eigenvalue weighted by Gasteiger charge is -2.26. The molecule has 0 bridgehead atoms. The molecule has 1 atom stereocenters. The summed E-state index contributed by atoms with van der Waals surface area (Å²) in [6, 6.07) is 8.10. The molecule has 3 heteroatoms. The molecule has 0 aliphatic heterocycles. The van der Waals surface area contributed by atoms with E-state index in [1.165, 1.54) is 5.56 Å². The largest absolute Gasteiger partial charge is 0.465 e. The smallest absolute Gasteiger partial charge is 0.316 e. The second kappa shape index (κ2) is 6.20. The van der Waals surface area contributed by atoms with Crippen LogP contribution in [0.25, 0.3) is 0 Å². The van der Waals surface area contributed by atoms with Crippen molar-refractivity contribution in [2.45, 2.75) is 37.9 Å². The van der Waals surface area contributed by atoms with Crippen molar-refractivity contribution in [3.63, 3.8) is 0 Å². The van der Waals surface area contributed by atoms with Crippen molar-refractivity contribution in [2.24, 2.45) is 0 Å². The number of halogens is 1. The van der Waals surface area contributed by atoms with Gasteiger partial charge in [-0.2, -0.15) is 0 Å². The lowest BCUT2D eigenvalue weighted by molar-refractivity contribution is -0.149. The van der Waals surface area contributed by atoms with Gasteiger partial charge in [0.1, 0.15) is 0 Å². The van der Waals surface area contributed by atoms with Gasteiger partial charge in [0, 0.05) is 5.33 Å². The topological polar surface area (TPSA) is 26.3 Å². The third-order valence-corrected chi connectivity index (χ3v) is 3.83. The molecule has 0 fully saturated rings. The molecule has 0 aromatic heterocycles. The molecule has 1 aromatic rings. The minimum Gasteiger partial charge on any atom is -0.465 e. The fourth-order valence-electron chi connectivity index (χ4n) is 1.72. The van der Waals surface area contributed by atoms with E-state index in [0.29, 0.717) is 6.61 Å². The molecule has 94 valence electrons. The molecule has 0 heterocycles. The van der Waals surface area contributed by atoms with Crippen LogP contribution in [0.2, 0.25) is 0 Å². The first kappa shape index (κ1) is 14.2. The first-order chi connectivity index (χ1) is 8.08. The monoisotopic (exact) mass is 298 g/mol. The van der Waals surface area contributed by atoms with Gasteiger partial charge >= 0.3 is 5.97 Å². The van der Waals surface area contributed by atoms with E-state index in [4.69, 9.17) is 4.74 Å². The Kier molecular flexibility index (Phi) is 5.19. The first-order valence-electron chi connectivity index (χ1n) is 5.91. The fraction of sp³-hybridized carbons (Fsp3) is 0.500. The second-order valence-electron chi connectivity index (χ2n) is 4.24. The van der Waals surface area contributed by atoms with Crippen molar-refractivity contribution in [1.29, 1.82) is 0 Å². The molecule has 0 aliphatic carbocycles. The van der Waals surface area contributed by atoms with Crippen LogP contribution in [-0.2, 0) is 20.3 Å². The Labute approximate surface area is 111 Å². The number of esters is 1. The molecule has 0 spiro atoms. The number of carbonyl (C=O) groups excluding carboxylic acids is 1. The number of ether oxygens (including phenoxy) is 1. The molecule has 0 N–H and O–H groups in total. The van der Waals surface area contributed by atoms with Crippen molar-refractivity contribution >= 4 is 21.9 Å². The Morgan fingerprint density at radius 1 is 1.29 bits per heavy atom. The van der Waals surface area contributed by atoms with Crippen LogP contribution in [0.3, 0.4) is 0 Å². The highest BCUT2D eigenvalue weighted by molar-refractivity contribution is 9.08. The maximum atomic E-state index is 12.0. The van der Waals surface area contributed by atoms with E-state index in [0.717, 1.165) is 17.3 Å². The Morgan fingerprint density at radius 3 is 2.29 bits per heavy atom. The third-order valence-electron chi connectivity index (χ3n) is 3.18. The Bertz CT molecular complexity index is 372. The summed E-state index contributed by atoms with van der Waals surface area (Å²) in [5.41, 5.74) is 1.68. The van der Waals surface area contributed by atoms with Gasteiger partial charge in [-0.3, -0.25) is 4.79 Å². The highest BCUT2D eigenvalue weighted by atomic mass is 79.9. The van der Waals surface area contributed by atoms with Crippen LogP contribution in [0.5, 0.6) is 0 Å². The summed E-state index contributed by atoms with van der Waals surface area (Å²) in [6.45, 7) is 6.21. The zero-order valence-corrected chi connectivity index (χ0v) is 12.2. The number of benzene rings is 1. The van der Waals surface area contributed by atoms with Crippen molar-refractivity contribution in [1.82, 2.24) is 0 Å². The minimum absolute atomic E-state index is 0.144. The molecule has 0 saturated carbocycles. The van der Waals surface area contributed by atoms with Crippen molar-refractivity contribution in [3.8, 4) is 0 Å². The van der Waals surface area contributed by atoms with Crippen LogP contribution < -0.4 is 0 Å². The van der Waals surface area contributed by atoms with Crippen LogP contribution in [-0.4, -0.2) is 12.6 Å². The standard InChI is InChI=1S/C14H19BrO2/c1-4-14(3,13(16)17-5-2)12-8-6-11(10-15)7-9-12/h6-9H,4-5,10H2,1-3H3. The van der Waals surface area contributed by atoms with E-state index >= 15 is 0 Å². The van der Waals surface area contributed by atoms with E-state index < -0.39 is 5.41 Å². The number of alkyl halides is 1. The molecule has 0 aliphatic rings. The maximum Gasteiger partial charge on any atom is 0.316 e. The third kappa shape index (κ3) is 3.09. The molecule has 0 saturated heterocycles.